The summed E-state index contributed by atoms with van der Waals surface area (Å²) in [7, 11) is 0. The summed E-state index contributed by atoms with van der Waals surface area (Å²) in [5.74, 6) is -0.251. The lowest BCUT2D eigenvalue weighted by Gasteiger charge is -2.34. The minimum absolute atomic E-state index is 0.198. The third-order valence-electron chi connectivity index (χ3n) is 10.3. The molecule has 4 heteroatoms. The molecule has 0 saturated heterocycles. The number of fused-ring (bicyclic) bond motifs is 8. The minimum atomic E-state index is -0.251. The Kier molecular flexibility index (Phi) is 9.15. The van der Waals surface area contributed by atoms with Crippen molar-refractivity contribution in [3.8, 4) is 33.4 Å². The van der Waals surface area contributed by atoms with Crippen LogP contribution in [0, 0.1) is 5.82 Å². The van der Waals surface area contributed by atoms with Gasteiger partial charge >= 0.3 is 0 Å². The molecular formula is C49H40FN3. The molecule has 8 rings (SSSR count). The third kappa shape index (κ3) is 6.18. The molecule has 5 N–H and O–H groups in total. The molecule has 1 aliphatic rings. The summed E-state index contributed by atoms with van der Waals surface area (Å²) < 4.78 is 14.3. The molecule has 0 saturated carbocycles. The van der Waals surface area contributed by atoms with E-state index < -0.39 is 0 Å². The van der Waals surface area contributed by atoms with Gasteiger partial charge in [-0.05, 0) is 108 Å². The molecule has 1 unspecified atom stereocenters. The highest BCUT2D eigenvalue weighted by Crippen LogP contribution is 2.52. The first-order valence-electron chi connectivity index (χ1n) is 17.9. The lowest BCUT2D eigenvalue weighted by atomic mass is 9.79. The molecule has 7 aromatic carbocycles. The van der Waals surface area contributed by atoms with Crippen LogP contribution in [0.5, 0.6) is 0 Å². The van der Waals surface area contributed by atoms with Gasteiger partial charge in [-0.1, -0.05) is 141 Å². The number of nitrogens with two attached hydrogens (primary N) is 2. The Morgan fingerprint density at radius 2 is 1.32 bits per heavy atom. The van der Waals surface area contributed by atoms with Crippen LogP contribution in [0.1, 0.15) is 28.3 Å². The van der Waals surface area contributed by atoms with Crippen molar-refractivity contribution in [2.45, 2.75) is 6.04 Å². The molecule has 0 aliphatic carbocycles. The average molecular weight is 690 g/mol. The largest absolute Gasteiger partial charge is 0.373 e. The lowest BCUT2D eigenvalue weighted by molar-refractivity contribution is 0.626. The SMILES string of the molecule is C=C/C=C(\CN)c1cc(C(=C)/C=C\CN)cc(-c2ccc(-c3cccc4c3NC(c3ccc(F)cc3)c3c-4c4ccccc4c4ccccc34)cc2)c1. The molecule has 3 nitrogen and oxygen atoms in total. The van der Waals surface area contributed by atoms with E-state index in [0.717, 1.165) is 61.3 Å². The maximum absolute atomic E-state index is 14.3. The van der Waals surface area contributed by atoms with Gasteiger partial charge in [0.2, 0.25) is 0 Å². The molecule has 7 aromatic rings. The zero-order chi connectivity index (χ0) is 36.5. The van der Waals surface area contributed by atoms with E-state index in [0.29, 0.717) is 13.1 Å². The number of allylic oxidation sites excluding steroid dienone is 4. The zero-order valence-electron chi connectivity index (χ0n) is 29.4. The van der Waals surface area contributed by atoms with E-state index in [2.05, 4.69) is 128 Å². The zero-order valence-corrected chi connectivity index (χ0v) is 29.4. The van der Waals surface area contributed by atoms with Crippen molar-refractivity contribution in [1.29, 1.82) is 0 Å². The van der Waals surface area contributed by atoms with Crippen LogP contribution in [0.4, 0.5) is 10.1 Å². The Balaban J connectivity index is 1.29. The second kappa shape index (κ2) is 14.4. The highest BCUT2D eigenvalue weighted by molar-refractivity contribution is 6.18. The van der Waals surface area contributed by atoms with Gasteiger partial charge in [0.15, 0.2) is 0 Å². The minimum Gasteiger partial charge on any atom is -0.373 e. The molecule has 0 fully saturated rings. The van der Waals surface area contributed by atoms with E-state index in [-0.39, 0.29) is 11.9 Å². The van der Waals surface area contributed by atoms with Crippen LogP contribution in [-0.4, -0.2) is 13.1 Å². The summed E-state index contributed by atoms with van der Waals surface area (Å²) in [5, 5.41) is 8.76. The van der Waals surface area contributed by atoms with Crippen molar-refractivity contribution in [2.24, 2.45) is 11.5 Å². The standard InChI is InChI=1S/C49H40FN3/c1-3-10-35(30-52)38-28-36(31(2)11-9-26-51)27-37(29-38)32-18-20-33(21-19-32)40-16-8-17-45-46-43-14-6-4-12-41(43)42-13-5-7-15-44(42)47(46)48(53-49(40)45)34-22-24-39(50)25-23-34/h3-25,27-29,48,53H,1-2,26,30,51-52H2/b11-9-,35-10+. The van der Waals surface area contributed by atoms with Crippen LogP contribution in [0.2, 0.25) is 0 Å². The van der Waals surface area contributed by atoms with Gasteiger partial charge in [-0.3, -0.25) is 0 Å². The molecule has 1 heterocycles. The molecule has 1 aliphatic heterocycles. The van der Waals surface area contributed by atoms with Crippen molar-refractivity contribution in [1.82, 2.24) is 0 Å². The van der Waals surface area contributed by atoms with Crippen molar-refractivity contribution < 1.29 is 4.39 Å². The fourth-order valence-corrected chi connectivity index (χ4v) is 7.78. The van der Waals surface area contributed by atoms with Crippen LogP contribution in [-0.2, 0) is 0 Å². The first-order valence-corrected chi connectivity index (χ1v) is 17.9. The van der Waals surface area contributed by atoms with E-state index in [9.17, 15) is 4.39 Å². The summed E-state index contributed by atoms with van der Waals surface area (Å²) in [5.41, 5.74) is 25.8. The summed E-state index contributed by atoms with van der Waals surface area (Å²) >= 11 is 0. The van der Waals surface area contributed by atoms with Crippen LogP contribution in [0.15, 0.2) is 171 Å². The number of anilines is 1. The number of para-hydroxylation sites is 1. The Bertz CT molecular complexity index is 2590. The van der Waals surface area contributed by atoms with E-state index in [1.165, 1.54) is 32.7 Å². The van der Waals surface area contributed by atoms with Gasteiger partial charge in [-0.15, -0.1) is 0 Å². The van der Waals surface area contributed by atoms with E-state index in [1.54, 1.807) is 18.2 Å². The number of rotatable bonds is 9. The maximum Gasteiger partial charge on any atom is 0.123 e. The molecule has 258 valence electrons. The summed E-state index contributed by atoms with van der Waals surface area (Å²) in [6.45, 7) is 9.03. The normalized spacial score (nSPS) is 13.9. The molecule has 0 spiro atoms. The van der Waals surface area contributed by atoms with Crippen molar-refractivity contribution in [3.63, 3.8) is 0 Å². The smallest absolute Gasteiger partial charge is 0.123 e. The second-order valence-corrected chi connectivity index (χ2v) is 13.4. The number of hydrogen-bond acceptors (Lipinski definition) is 3. The van der Waals surface area contributed by atoms with Gasteiger partial charge in [-0.25, -0.2) is 4.39 Å². The molecule has 0 bridgehead atoms. The van der Waals surface area contributed by atoms with E-state index in [4.69, 9.17) is 11.5 Å². The molecule has 0 aromatic heterocycles. The monoisotopic (exact) mass is 689 g/mol. The van der Waals surface area contributed by atoms with Crippen LogP contribution < -0.4 is 16.8 Å². The van der Waals surface area contributed by atoms with Gasteiger partial charge < -0.3 is 16.8 Å². The van der Waals surface area contributed by atoms with Gasteiger partial charge in [0, 0.05) is 24.2 Å². The first-order chi connectivity index (χ1) is 26.0. The quantitative estimate of drug-likeness (QED) is 0.104. The summed E-state index contributed by atoms with van der Waals surface area (Å²) in [4.78, 5) is 0. The van der Waals surface area contributed by atoms with Crippen LogP contribution in [0.3, 0.4) is 0 Å². The Hall–Kier alpha value is -6.33. The van der Waals surface area contributed by atoms with Gasteiger partial charge in [0.05, 0.1) is 11.7 Å². The van der Waals surface area contributed by atoms with Crippen LogP contribution in [0.25, 0.3) is 66.1 Å². The molecule has 0 radical (unpaired) electrons. The predicted molar refractivity (Wildman–Crippen MR) is 224 cm³/mol. The Labute approximate surface area is 310 Å². The fourth-order valence-electron chi connectivity index (χ4n) is 7.78. The van der Waals surface area contributed by atoms with E-state index in [1.807, 2.05) is 30.4 Å². The second-order valence-electron chi connectivity index (χ2n) is 13.4. The van der Waals surface area contributed by atoms with Crippen molar-refractivity contribution >= 4 is 38.4 Å². The Morgan fingerprint density at radius 3 is 2.02 bits per heavy atom. The number of halogens is 1. The van der Waals surface area contributed by atoms with E-state index >= 15 is 0 Å². The summed E-state index contributed by atoms with van der Waals surface area (Å²) in [6, 6.07) is 45.7. The Morgan fingerprint density at radius 1 is 0.679 bits per heavy atom. The predicted octanol–water partition coefficient (Wildman–Crippen LogP) is 11.7. The van der Waals surface area contributed by atoms with Crippen LogP contribution >= 0.6 is 0 Å². The highest BCUT2D eigenvalue weighted by atomic mass is 19.1. The number of hydrogen-bond donors (Lipinski definition) is 3. The number of nitrogens with one attached hydrogen (secondary N) is 1. The van der Waals surface area contributed by atoms with Gasteiger partial charge in [-0.2, -0.15) is 0 Å². The highest BCUT2D eigenvalue weighted by Gasteiger charge is 2.31. The summed E-state index contributed by atoms with van der Waals surface area (Å²) in [6.07, 6.45) is 7.59. The molecule has 0 amide bonds. The average Bonchev–Trinajstić information content (AvgIpc) is 3.21. The number of benzene rings is 7. The molecular weight excluding hydrogens is 650 g/mol. The van der Waals surface area contributed by atoms with Gasteiger partial charge in [0.1, 0.15) is 5.82 Å². The fraction of sp³-hybridized carbons (Fsp3) is 0.0612. The molecule has 1 atom stereocenters. The first kappa shape index (κ1) is 33.8. The van der Waals surface area contributed by atoms with Crippen molar-refractivity contribution in [2.75, 3.05) is 18.4 Å². The maximum atomic E-state index is 14.3. The third-order valence-corrected chi connectivity index (χ3v) is 10.3. The lowest BCUT2D eigenvalue weighted by Crippen LogP contribution is -2.19. The topological polar surface area (TPSA) is 64.1 Å². The van der Waals surface area contributed by atoms with Gasteiger partial charge in [0.25, 0.3) is 0 Å². The molecule has 53 heavy (non-hydrogen) atoms. The van der Waals surface area contributed by atoms with Crippen molar-refractivity contribution in [3.05, 3.63) is 199 Å².